The third-order valence-corrected chi connectivity index (χ3v) is 5.83. The molecule has 1 fully saturated rings. The van der Waals surface area contributed by atoms with Crippen LogP contribution in [0.3, 0.4) is 0 Å². The van der Waals surface area contributed by atoms with Gasteiger partial charge >= 0.3 is 0 Å². The highest BCUT2D eigenvalue weighted by molar-refractivity contribution is 9.10. The molecule has 1 aliphatic heterocycles. The molecule has 2 aromatic carbocycles. The molecule has 0 aliphatic carbocycles. The number of carbonyl (C=O) groups excluding carboxylic acids is 2. The van der Waals surface area contributed by atoms with E-state index in [-0.39, 0.29) is 24.5 Å². The number of amides is 1. The molecule has 1 heterocycles. The van der Waals surface area contributed by atoms with Gasteiger partial charge in [-0.15, -0.1) is 0 Å². The van der Waals surface area contributed by atoms with Gasteiger partial charge in [0.05, 0.1) is 24.8 Å². The summed E-state index contributed by atoms with van der Waals surface area (Å²) in [4.78, 5) is 27.3. The Kier molecular flexibility index (Phi) is 7.74. The van der Waals surface area contributed by atoms with Gasteiger partial charge in [-0.25, -0.2) is 0 Å². The van der Waals surface area contributed by atoms with E-state index < -0.39 is 17.7 Å². The van der Waals surface area contributed by atoms with Gasteiger partial charge in [-0.2, -0.15) is 0 Å². The number of aliphatic hydroxyl groups is 1. The van der Waals surface area contributed by atoms with Gasteiger partial charge in [-0.1, -0.05) is 41.9 Å². The summed E-state index contributed by atoms with van der Waals surface area (Å²) < 4.78 is 11.8. The molecule has 1 N–H and O–H groups in total. The van der Waals surface area contributed by atoms with Crippen LogP contribution in [0.5, 0.6) is 5.75 Å². The van der Waals surface area contributed by atoms with Crippen LogP contribution in [0.4, 0.5) is 0 Å². The van der Waals surface area contributed by atoms with E-state index in [1.807, 2.05) is 37.3 Å². The van der Waals surface area contributed by atoms with E-state index in [1.54, 1.807) is 12.1 Å². The van der Waals surface area contributed by atoms with Crippen molar-refractivity contribution in [1.82, 2.24) is 4.90 Å². The van der Waals surface area contributed by atoms with Gasteiger partial charge in [-0.05, 0) is 54.3 Å². The Bertz CT molecular complexity index is 1030. The predicted octanol–water partition coefficient (Wildman–Crippen LogP) is 4.86. The van der Waals surface area contributed by atoms with Crippen molar-refractivity contribution in [3.8, 4) is 5.75 Å². The number of ether oxygens (including phenoxy) is 2. The van der Waals surface area contributed by atoms with Crippen LogP contribution in [0.15, 0.2) is 52.5 Å². The maximum Gasteiger partial charge on any atom is 0.295 e. The molecule has 1 amide bonds. The molecule has 0 spiro atoms. The smallest absolute Gasteiger partial charge is 0.295 e. The number of likely N-dealkylation sites (tertiary alicyclic amines) is 1. The van der Waals surface area contributed by atoms with Crippen molar-refractivity contribution in [2.75, 3.05) is 26.9 Å². The molecule has 0 saturated carbocycles. The third kappa shape index (κ3) is 5.05. The lowest BCUT2D eigenvalue weighted by Crippen LogP contribution is -2.32. The van der Waals surface area contributed by atoms with Gasteiger partial charge in [0.2, 0.25) is 0 Å². The van der Waals surface area contributed by atoms with E-state index in [4.69, 9.17) is 9.47 Å². The first-order valence-corrected chi connectivity index (χ1v) is 11.3. The Hall–Kier alpha value is -2.64. The summed E-state index contributed by atoms with van der Waals surface area (Å²) in [5.74, 6) is -0.462. The minimum absolute atomic E-state index is 0.0763. The summed E-state index contributed by atoms with van der Waals surface area (Å²) in [6.45, 7) is 7.07. The Balaban J connectivity index is 2.07. The fraction of sp³-hybridized carbons (Fsp3) is 0.360. The summed E-state index contributed by atoms with van der Waals surface area (Å²) in [5.41, 5.74) is 2.06. The average molecular weight is 502 g/mol. The number of hydrogen-bond donors (Lipinski definition) is 1. The molecule has 0 aromatic heterocycles. The van der Waals surface area contributed by atoms with Gasteiger partial charge < -0.3 is 19.5 Å². The van der Waals surface area contributed by atoms with Crippen molar-refractivity contribution in [3.63, 3.8) is 0 Å². The summed E-state index contributed by atoms with van der Waals surface area (Å²) in [6, 6.07) is 12.0. The van der Waals surface area contributed by atoms with Gasteiger partial charge in [0.25, 0.3) is 11.7 Å². The Morgan fingerprint density at radius 2 is 1.84 bits per heavy atom. The van der Waals surface area contributed by atoms with Crippen molar-refractivity contribution in [2.45, 2.75) is 26.8 Å². The number of hydrogen-bond acceptors (Lipinski definition) is 5. The van der Waals surface area contributed by atoms with Crippen LogP contribution in [0, 0.1) is 12.8 Å². The maximum atomic E-state index is 13.0. The minimum atomic E-state index is -0.703. The number of ketones is 1. The van der Waals surface area contributed by atoms with Crippen molar-refractivity contribution < 1.29 is 24.2 Å². The number of aliphatic hydroxyl groups excluding tert-OH is 1. The number of halogens is 1. The van der Waals surface area contributed by atoms with Crippen LogP contribution in [0.25, 0.3) is 5.76 Å². The van der Waals surface area contributed by atoms with E-state index in [2.05, 4.69) is 29.8 Å². The molecule has 1 aliphatic rings. The quantitative estimate of drug-likeness (QED) is 0.317. The zero-order valence-electron chi connectivity index (χ0n) is 18.7. The number of rotatable bonds is 8. The van der Waals surface area contributed by atoms with Crippen LogP contribution < -0.4 is 4.74 Å². The molecule has 7 heteroatoms. The van der Waals surface area contributed by atoms with Crippen LogP contribution in [0.1, 0.15) is 36.6 Å². The van der Waals surface area contributed by atoms with E-state index in [0.717, 1.165) is 15.6 Å². The highest BCUT2D eigenvalue weighted by Gasteiger charge is 2.45. The summed E-state index contributed by atoms with van der Waals surface area (Å²) in [6.07, 6.45) is 0. The van der Waals surface area contributed by atoms with Crippen molar-refractivity contribution in [1.29, 1.82) is 0 Å². The fourth-order valence-electron chi connectivity index (χ4n) is 3.69. The first kappa shape index (κ1) is 24.0. The van der Waals surface area contributed by atoms with E-state index in [0.29, 0.717) is 23.8 Å². The van der Waals surface area contributed by atoms with Crippen LogP contribution >= 0.6 is 15.9 Å². The zero-order valence-corrected chi connectivity index (χ0v) is 20.3. The molecular weight excluding hydrogens is 474 g/mol. The largest absolute Gasteiger partial charge is 0.507 e. The molecular formula is C25H28BrNO5. The number of aryl methyl sites for hydroxylation is 1. The van der Waals surface area contributed by atoms with Crippen molar-refractivity contribution in [3.05, 3.63) is 69.2 Å². The second-order valence-corrected chi connectivity index (χ2v) is 9.13. The lowest BCUT2D eigenvalue weighted by Gasteiger charge is -2.25. The van der Waals surface area contributed by atoms with Crippen molar-refractivity contribution >= 4 is 33.4 Å². The molecule has 6 nitrogen and oxygen atoms in total. The lowest BCUT2D eigenvalue weighted by molar-refractivity contribution is -0.140. The topological polar surface area (TPSA) is 76.1 Å². The van der Waals surface area contributed by atoms with E-state index >= 15 is 0 Å². The Morgan fingerprint density at radius 1 is 1.16 bits per heavy atom. The van der Waals surface area contributed by atoms with Crippen molar-refractivity contribution in [2.24, 2.45) is 5.92 Å². The van der Waals surface area contributed by atoms with Crippen LogP contribution in [-0.4, -0.2) is 48.6 Å². The first-order chi connectivity index (χ1) is 15.2. The van der Waals surface area contributed by atoms with E-state index in [9.17, 15) is 14.7 Å². The predicted molar refractivity (Wildman–Crippen MR) is 127 cm³/mol. The monoisotopic (exact) mass is 501 g/mol. The molecule has 0 unspecified atom stereocenters. The SMILES string of the molecule is COCCN1C(=O)C(=O)C(=C(O)c2ccc(OCC(C)C)cc2C)[C@H]1c1ccc(Br)cc1. The number of nitrogens with zero attached hydrogens (tertiary/aromatic N) is 1. The molecule has 170 valence electrons. The summed E-state index contributed by atoms with van der Waals surface area (Å²) >= 11 is 3.41. The standard InChI is InChI=1S/C25H28BrNO5/c1-15(2)14-32-19-9-10-20(16(3)13-19)23(28)21-22(17-5-7-18(26)8-6-17)27(11-12-31-4)25(30)24(21)29/h5-10,13,15,22,28H,11-12,14H2,1-4H3/t22-/m1/s1. The number of benzene rings is 2. The number of carbonyl (C=O) groups is 2. The molecule has 32 heavy (non-hydrogen) atoms. The normalized spacial score (nSPS) is 17.9. The second-order valence-electron chi connectivity index (χ2n) is 8.22. The highest BCUT2D eigenvalue weighted by atomic mass is 79.9. The van der Waals surface area contributed by atoms with Crippen LogP contribution in [0.2, 0.25) is 0 Å². The fourth-order valence-corrected chi connectivity index (χ4v) is 3.96. The summed E-state index contributed by atoms with van der Waals surface area (Å²) in [5, 5.41) is 11.2. The lowest BCUT2D eigenvalue weighted by atomic mass is 9.94. The maximum absolute atomic E-state index is 13.0. The van der Waals surface area contributed by atoms with Gasteiger partial charge in [0, 0.05) is 23.7 Å². The molecule has 3 rings (SSSR count). The highest BCUT2D eigenvalue weighted by Crippen LogP contribution is 2.40. The van der Waals surface area contributed by atoms with Gasteiger partial charge in [-0.3, -0.25) is 9.59 Å². The first-order valence-electron chi connectivity index (χ1n) is 10.5. The van der Waals surface area contributed by atoms with Gasteiger partial charge in [0.15, 0.2) is 0 Å². The zero-order chi connectivity index (χ0) is 23.4. The molecule has 2 aromatic rings. The summed E-state index contributed by atoms with van der Waals surface area (Å²) in [7, 11) is 1.54. The van der Waals surface area contributed by atoms with Crippen LogP contribution in [-0.2, 0) is 14.3 Å². The number of methoxy groups -OCH3 is 1. The minimum Gasteiger partial charge on any atom is -0.507 e. The molecule has 1 saturated heterocycles. The average Bonchev–Trinajstić information content (AvgIpc) is 3.01. The molecule has 1 atom stereocenters. The number of Topliss-reactive ketones (excluding diaryl/α,β-unsaturated/α-hetero) is 1. The van der Waals surface area contributed by atoms with E-state index in [1.165, 1.54) is 12.0 Å². The Morgan fingerprint density at radius 3 is 2.44 bits per heavy atom. The van der Waals surface area contributed by atoms with Gasteiger partial charge in [0.1, 0.15) is 11.5 Å². The second kappa shape index (κ2) is 10.3. The molecule has 0 radical (unpaired) electrons. The molecule has 0 bridgehead atoms. The third-order valence-electron chi connectivity index (χ3n) is 5.30. The Labute approximate surface area is 197 Å².